The van der Waals surface area contributed by atoms with E-state index in [1.54, 1.807) is 4.90 Å². The van der Waals surface area contributed by atoms with E-state index >= 15 is 0 Å². The molecule has 0 spiro atoms. The Morgan fingerprint density at radius 1 is 0.962 bits per heavy atom. The van der Waals surface area contributed by atoms with Gasteiger partial charge >= 0.3 is 11.8 Å². The van der Waals surface area contributed by atoms with Gasteiger partial charge in [0.2, 0.25) is 0 Å². The van der Waals surface area contributed by atoms with E-state index in [1.807, 2.05) is 24.3 Å². The maximum atomic E-state index is 12.6. The van der Waals surface area contributed by atoms with Crippen LogP contribution in [-0.2, 0) is 9.59 Å². The average Bonchev–Trinajstić information content (AvgIpc) is 3.50. The summed E-state index contributed by atoms with van der Waals surface area (Å²) in [6, 6.07) is 7.53. The summed E-state index contributed by atoms with van der Waals surface area (Å²) in [4.78, 5) is 48.4. The zero-order valence-corrected chi connectivity index (χ0v) is 14.2. The van der Waals surface area contributed by atoms with Crippen molar-refractivity contribution < 1.29 is 14.4 Å². The number of amides is 3. The Morgan fingerprint density at radius 3 is 2.31 bits per heavy atom. The summed E-state index contributed by atoms with van der Waals surface area (Å²) < 4.78 is 0. The van der Waals surface area contributed by atoms with Gasteiger partial charge in [-0.1, -0.05) is 12.1 Å². The predicted molar refractivity (Wildman–Crippen MR) is 93.2 cm³/mol. The molecule has 3 amide bonds. The second kappa shape index (κ2) is 6.70. The number of para-hydroxylation sites is 2. The zero-order chi connectivity index (χ0) is 18.1. The van der Waals surface area contributed by atoms with Gasteiger partial charge in [0.1, 0.15) is 5.69 Å². The molecule has 0 bridgehead atoms. The van der Waals surface area contributed by atoms with E-state index < -0.39 is 11.8 Å². The molecule has 26 heavy (non-hydrogen) atoms. The van der Waals surface area contributed by atoms with Gasteiger partial charge in [0.25, 0.3) is 5.91 Å². The number of fused-ring (bicyclic) bond motifs is 1. The molecule has 1 aromatic carbocycles. The molecule has 2 heterocycles. The van der Waals surface area contributed by atoms with Crippen molar-refractivity contribution in [3.63, 3.8) is 0 Å². The number of rotatable bonds is 2. The lowest BCUT2D eigenvalue weighted by molar-refractivity contribution is -0.146. The molecule has 0 radical (unpaired) electrons. The molecule has 1 aromatic heterocycles. The van der Waals surface area contributed by atoms with E-state index in [9.17, 15) is 14.4 Å². The molecular weight excluding hydrogens is 334 g/mol. The van der Waals surface area contributed by atoms with Crippen LogP contribution in [0.25, 0.3) is 11.0 Å². The molecule has 4 rings (SSSR count). The second-order valence-corrected chi connectivity index (χ2v) is 6.58. The second-order valence-electron chi connectivity index (χ2n) is 6.58. The average molecular weight is 353 g/mol. The van der Waals surface area contributed by atoms with Gasteiger partial charge in [0.05, 0.1) is 17.2 Å². The third kappa shape index (κ3) is 3.35. The van der Waals surface area contributed by atoms with Crippen LogP contribution in [0, 0.1) is 0 Å². The Morgan fingerprint density at radius 2 is 1.62 bits per heavy atom. The first kappa shape index (κ1) is 16.4. The Balaban J connectivity index is 1.38. The highest BCUT2D eigenvalue weighted by molar-refractivity contribution is 6.35. The fourth-order valence-electron chi connectivity index (χ4n) is 2.95. The molecule has 0 unspecified atom stereocenters. The van der Waals surface area contributed by atoms with Crippen LogP contribution in [-0.4, -0.2) is 69.7 Å². The normalized spacial score (nSPS) is 17.2. The number of piperazine rings is 1. The summed E-state index contributed by atoms with van der Waals surface area (Å²) in [7, 11) is 0. The van der Waals surface area contributed by atoms with Crippen LogP contribution in [0.15, 0.2) is 30.5 Å². The van der Waals surface area contributed by atoms with E-state index in [-0.39, 0.29) is 17.6 Å². The van der Waals surface area contributed by atoms with Gasteiger partial charge in [-0.05, 0) is 25.0 Å². The smallest absolute Gasteiger partial charge is 0.312 e. The highest BCUT2D eigenvalue weighted by Crippen LogP contribution is 2.18. The number of hydrogen-bond donors (Lipinski definition) is 1. The molecule has 0 atom stereocenters. The van der Waals surface area contributed by atoms with Crippen LogP contribution in [0.2, 0.25) is 0 Å². The van der Waals surface area contributed by atoms with E-state index in [0.29, 0.717) is 31.7 Å². The molecule has 1 aliphatic heterocycles. The summed E-state index contributed by atoms with van der Waals surface area (Å²) >= 11 is 0. The molecule has 2 aromatic rings. The van der Waals surface area contributed by atoms with Crippen molar-refractivity contribution in [2.24, 2.45) is 0 Å². The maximum absolute atomic E-state index is 12.6. The standard InChI is InChI=1S/C18H19N5O3/c24-16(20-12-5-6-12)18(26)23-9-7-22(8-10-23)17(25)15-11-19-13-3-1-2-4-14(13)21-15/h1-4,11-12H,5-10H2,(H,20,24). The van der Waals surface area contributed by atoms with Crippen LogP contribution in [0.5, 0.6) is 0 Å². The van der Waals surface area contributed by atoms with E-state index in [4.69, 9.17) is 0 Å². The monoisotopic (exact) mass is 353 g/mol. The van der Waals surface area contributed by atoms with Crippen molar-refractivity contribution in [3.8, 4) is 0 Å². The first-order chi connectivity index (χ1) is 12.6. The third-order valence-electron chi connectivity index (χ3n) is 4.63. The van der Waals surface area contributed by atoms with Gasteiger partial charge in [0.15, 0.2) is 0 Å². The minimum atomic E-state index is -0.548. The summed E-state index contributed by atoms with van der Waals surface area (Å²) in [5, 5.41) is 2.70. The van der Waals surface area contributed by atoms with Gasteiger partial charge in [0, 0.05) is 32.2 Å². The molecular formula is C18H19N5O3. The fraction of sp³-hybridized carbons (Fsp3) is 0.389. The molecule has 134 valence electrons. The lowest BCUT2D eigenvalue weighted by Crippen LogP contribution is -2.54. The quantitative estimate of drug-likeness (QED) is 0.778. The van der Waals surface area contributed by atoms with E-state index in [1.165, 1.54) is 11.1 Å². The molecule has 8 nitrogen and oxygen atoms in total. The van der Waals surface area contributed by atoms with Crippen molar-refractivity contribution in [1.82, 2.24) is 25.1 Å². The van der Waals surface area contributed by atoms with Crippen molar-refractivity contribution in [3.05, 3.63) is 36.2 Å². The Kier molecular flexibility index (Phi) is 4.24. The summed E-state index contributed by atoms with van der Waals surface area (Å²) in [5.74, 6) is -1.28. The number of carbonyl (C=O) groups excluding carboxylic acids is 3. The van der Waals surface area contributed by atoms with Crippen LogP contribution in [0.4, 0.5) is 0 Å². The number of nitrogens with zero attached hydrogens (tertiary/aromatic N) is 4. The van der Waals surface area contributed by atoms with Gasteiger partial charge in [-0.25, -0.2) is 4.98 Å². The predicted octanol–water partition coefficient (Wildman–Crippen LogP) is 0.193. The number of hydrogen-bond acceptors (Lipinski definition) is 5. The van der Waals surface area contributed by atoms with Crippen LogP contribution in [0.3, 0.4) is 0 Å². The summed E-state index contributed by atoms with van der Waals surface area (Å²) in [5.41, 5.74) is 1.69. The van der Waals surface area contributed by atoms with E-state index in [2.05, 4.69) is 15.3 Å². The molecule has 1 aliphatic carbocycles. The number of nitrogens with one attached hydrogen (secondary N) is 1. The number of aromatic nitrogens is 2. The zero-order valence-electron chi connectivity index (χ0n) is 14.2. The van der Waals surface area contributed by atoms with Crippen molar-refractivity contribution in [2.75, 3.05) is 26.2 Å². The topological polar surface area (TPSA) is 95.5 Å². The Labute approximate surface area is 150 Å². The van der Waals surface area contributed by atoms with E-state index in [0.717, 1.165) is 18.4 Å². The molecule has 1 saturated heterocycles. The molecule has 2 fully saturated rings. The summed E-state index contributed by atoms with van der Waals surface area (Å²) in [6.07, 6.45) is 3.35. The fourth-order valence-corrected chi connectivity index (χ4v) is 2.95. The molecule has 1 N–H and O–H groups in total. The van der Waals surface area contributed by atoms with Gasteiger partial charge in [-0.3, -0.25) is 19.4 Å². The van der Waals surface area contributed by atoms with Crippen LogP contribution < -0.4 is 5.32 Å². The van der Waals surface area contributed by atoms with Crippen molar-refractivity contribution in [2.45, 2.75) is 18.9 Å². The minimum Gasteiger partial charge on any atom is -0.345 e. The summed E-state index contributed by atoms with van der Waals surface area (Å²) in [6.45, 7) is 1.42. The van der Waals surface area contributed by atoms with Crippen molar-refractivity contribution >= 4 is 28.8 Å². The highest BCUT2D eigenvalue weighted by Gasteiger charge is 2.31. The maximum Gasteiger partial charge on any atom is 0.312 e. The lowest BCUT2D eigenvalue weighted by atomic mass is 10.2. The van der Waals surface area contributed by atoms with Crippen LogP contribution in [0.1, 0.15) is 23.3 Å². The third-order valence-corrected chi connectivity index (χ3v) is 4.63. The van der Waals surface area contributed by atoms with Crippen molar-refractivity contribution in [1.29, 1.82) is 0 Å². The van der Waals surface area contributed by atoms with Crippen LogP contribution >= 0.6 is 0 Å². The largest absolute Gasteiger partial charge is 0.345 e. The minimum absolute atomic E-state index is 0.154. The van der Waals surface area contributed by atoms with Gasteiger partial charge < -0.3 is 15.1 Å². The number of benzene rings is 1. The van der Waals surface area contributed by atoms with Gasteiger partial charge in [-0.2, -0.15) is 0 Å². The molecule has 2 aliphatic rings. The first-order valence-corrected chi connectivity index (χ1v) is 8.72. The first-order valence-electron chi connectivity index (χ1n) is 8.72. The number of carbonyl (C=O) groups is 3. The lowest BCUT2D eigenvalue weighted by Gasteiger charge is -2.34. The molecule has 8 heteroatoms. The Bertz CT molecular complexity index is 872. The highest BCUT2D eigenvalue weighted by atomic mass is 16.2. The Hall–Kier alpha value is -3.03. The molecule has 1 saturated carbocycles. The SMILES string of the molecule is O=C(NC1CC1)C(=O)N1CCN(C(=O)c2cnc3ccccc3n2)CC1. The van der Waals surface area contributed by atoms with Gasteiger partial charge in [-0.15, -0.1) is 0 Å².